The van der Waals surface area contributed by atoms with Crippen LogP contribution in [0.5, 0.6) is 0 Å². The molecule has 0 atom stereocenters. The first-order valence-electron chi connectivity index (χ1n) is 7.61. The van der Waals surface area contributed by atoms with Crippen LogP contribution < -0.4 is 4.90 Å². The van der Waals surface area contributed by atoms with Crippen molar-refractivity contribution in [3.05, 3.63) is 74.7 Å². The number of nitro benzene ring substituents is 1. The standard InChI is InChI=1S/C18H12N2O5S2/c1-25-17(22)12-4-2-11(3-5-12)10-15-16(21)19(18(26)27-15)13-6-8-14(9-7-13)20(23)24/h2-10H,1H3. The van der Waals surface area contributed by atoms with Crippen LogP contribution in [0.1, 0.15) is 15.9 Å². The van der Waals surface area contributed by atoms with Crippen LogP contribution in [0.3, 0.4) is 0 Å². The summed E-state index contributed by atoms with van der Waals surface area (Å²) in [6, 6.07) is 12.2. The summed E-state index contributed by atoms with van der Waals surface area (Å²) >= 11 is 6.42. The number of hydrogen-bond acceptors (Lipinski definition) is 7. The van der Waals surface area contributed by atoms with Gasteiger partial charge >= 0.3 is 5.97 Å². The molecule has 0 spiro atoms. The summed E-state index contributed by atoms with van der Waals surface area (Å²) in [5, 5.41) is 10.8. The van der Waals surface area contributed by atoms with Crippen LogP contribution in [0.4, 0.5) is 11.4 Å². The molecule has 1 aliphatic rings. The molecule has 27 heavy (non-hydrogen) atoms. The molecule has 1 amide bonds. The van der Waals surface area contributed by atoms with E-state index in [4.69, 9.17) is 12.2 Å². The van der Waals surface area contributed by atoms with E-state index in [-0.39, 0.29) is 11.6 Å². The number of thioether (sulfide) groups is 1. The van der Waals surface area contributed by atoms with E-state index in [1.807, 2.05) is 0 Å². The number of rotatable bonds is 4. The Labute approximate surface area is 163 Å². The molecule has 136 valence electrons. The van der Waals surface area contributed by atoms with E-state index in [1.165, 1.54) is 36.3 Å². The summed E-state index contributed by atoms with van der Waals surface area (Å²) < 4.78 is 4.99. The largest absolute Gasteiger partial charge is 0.465 e. The first kappa shape index (κ1) is 18.7. The van der Waals surface area contributed by atoms with E-state index in [2.05, 4.69) is 4.74 Å². The molecule has 3 rings (SSSR count). The average Bonchev–Trinajstić information content (AvgIpc) is 2.95. The van der Waals surface area contributed by atoms with Crippen LogP contribution in [-0.2, 0) is 9.53 Å². The van der Waals surface area contributed by atoms with Gasteiger partial charge in [-0.15, -0.1) is 0 Å². The molecule has 9 heteroatoms. The van der Waals surface area contributed by atoms with Crippen molar-refractivity contribution < 1.29 is 19.2 Å². The molecule has 0 N–H and O–H groups in total. The molecule has 2 aromatic rings. The molecule has 0 aromatic heterocycles. The summed E-state index contributed by atoms with van der Waals surface area (Å²) in [7, 11) is 1.31. The van der Waals surface area contributed by atoms with Gasteiger partial charge in [-0.3, -0.25) is 19.8 Å². The number of carbonyl (C=O) groups is 2. The Morgan fingerprint density at radius 3 is 2.37 bits per heavy atom. The average molecular weight is 400 g/mol. The highest BCUT2D eigenvalue weighted by atomic mass is 32.2. The smallest absolute Gasteiger partial charge is 0.337 e. The van der Waals surface area contributed by atoms with Gasteiger partial charge in [-0.25, -0.2) is 4.79 Å². The second-order valence-electron chi connectivity index (χ2n) is 5.40. The predicted octanol–water partition coefficient (Wildman–Crippen LogP) is 3.79. The van der Waals surface area contributed by atoms with Gasteiger partial charge in [0.05, 0.1) is 28.2 Å². The summed E-state index contributed by atoms with van der Waals surface area (Å²) in [6.45, 7) is 0. The molecule has 0 aliphatic carbocycles. The summed E-state index contributed by atoms with van der Waals surface area (Å²) in [6.07, 6.45) is 1.67. The number of non-ortho nitro benzene ring substituents is 1. The number of benzene rings is 2. The topological polar surface area (TPSA) is 89.8 Å². The van der Waals surface area contributed by atoms with Crippen LogP contribution in [0.25, 0.3) is 6.08 Å². The number of esters is 1. The molecule has 7 nitrogen and oxygen atoms in total. The molecular formula is C18H12N2O5S2. The molecule has 1 aliphatic heterocycles. The summed E-state index contributed by atoms with van der Waals surface area (Å²) in [5.74, 6) is -0.748. The first-order chi connectivity index (χ1) is 12.9. The minimum atomic E-state index is -0.508. The zero-order valence-corrected chi connectivity index (χ0v) is 15.6. The van der Waals surface area contributed by atoms with Gasteiger partial charge in [0, 0.05) is 12.1 Å². The second kappa shape index (κ2) is 7.68. The van der Waals surface area contributed by atoms with Crippen molar-refractivity contribution >= 4 is 57.6 Å². The Morgan fingerprint density at radius 1 is 1.19 bits per heavy atom. The van der Waals surface area contributed by atoms with Gasteiger partial charge in [-0.1, -0.05) is 36.1 Å². The van der Waals surface area contributed by atoms with Gasteiger partial charge in [0.1, 0.15) is 0 Å². The molecule has 1 heterocycles. The Hall–Kier alpha value is -3.04. The maximum absolute atomic E-state index is 12.7. The number of methoxy groups -OCH3 is 1. The number of hydrogen-bond donors (Lipinski definition) is 0. The number of amides is 1. The van der Waals surface area contributed by atoms with E-state index in [1.54, 1.807) is 30.3 Å². The Kier molecular flexibility index (Phi) is 5.33. The first-order valence-corrected chi connectivity index (χ1v) is 8.84. The minimum absolute atomic E-state index is 0.0644. The highest BCUT2D eigenvalue weighted by Gasteiger charge is 2.33. The highest BCUT2D eigenvalue weighted by Crippen LogP contribution is 2.36. The van der Waals surface area contributed by atoms with Crippen LogP contribution >= 0.6 is 24.0 Å². The lowest BCUT2D eigenvalue weighted by Gasteiger charge is -2.13. The SMILES string of the molecule is COC(=O)c1ccc(C=C2SC(=S)N(c3ccc([N+](=O)[O-])cc3)C2=O)cc1. The third kappa shape index (κ3) is 3.88. The monoisotopic (exact) mass is 400 g/mol. The van der Waals surface area contributed by atoms with Crippen molar-refractivity contribution in [2.24, 2.45) is 0 Å². The third-order valence-electron chi connectivity index (χ3n) is 3.74. The van der Waals surface area contributed by atoms with Gasteiger partial charge < -0.3 is 4.74 Å². The summed E-state index contributed by atoms with van der Waals surface area (Å²) in [5.41, 5.74) is 1.54. The fraction of sp³-hybridized carbons (Fsp3) is 0.0556. The second-order valence-corrected chi connectivity index (χ2v) is 7.08. The highest BCUT2D eigenvalue weighted by molar-refractivity contribution is 8.27. The predicted molar refractivity (Wildman–Crippen MR) is 107 cm³/mol. The van der Waals surface area contributed by atoms with E-state index >= 15 is 0 Å². The maximum atomic E-state index is 12.7. The zero-order chi connectivity index (χ0) is 19.6. The molecular weight excluding hydrogens is 388 g/mol. The minimum Gasteiger partial charge on any atom is -0.465 e. The number of carbonyl (C=O) groups excluding carboxylic acids is 2. The number of ether oxygens (including phenoxy) is 1. The van der Waals surface area contributed by atoms with Crippen LogP contribution in [-0.4, -0.2) is 28.2 Å². The fourth-order valence-corrected chi connectivity index (χ4v) is 3.70. The van der Waals surface area contributed by atoms with Crippen molar-refractivity contribution in [3.8, 4) is 0 Å². The van der Waals surface area contributed by atoms with E-state index in [0.717, 1.165) is 17.3 Å². The maximum Gasteiger partial charge on any atom is 0.337 e. The molecule has 1 saturated heterocycles. The van der Waals surface area contributed by atoms with Crippen molar-refractivity contribution in [1.82, 2.24) is 0 Å². The van der Waals surface area contributed by atoms with Gasteiger partial charge in [0.25, 0.3) is 11.6 Å². The summed E-state index contributed by atoms with van der Waals surface area (Å²) in [4.78, 5) is 36.2. The van der Waals surface area contributed by atoms with Crippen molar-refractivity contribution in [2.75, 3.05) is 12.0 Å². The van der Waals surface area contributed by atoms with Crippen LogP contribution in [0.2, 0.25) is 0 Å². The number of nitrogens with zero attached hydrogens (tertiary/aromatic N) is 2. The molecule has 0 radical (unpaired) electrons. The van der Waals surface area contributed by atoms with E-state index in [0.29, 0.717) is 20.5 Å². The number of thiocarbonyl (C=S) groups is 1. The molecule has 1 fully saturated rings. The van der Waals surface area contributed by atoms with Gasteiger partial charge in [0.15, 0.2) is 4.32 Å². The molecule has 0 bridgehead atoms. The Bertz CT molecular complexity index is 968. The Balaban J connectivity index is 1.84. The number of anilines is 1. The van der Waals surface area contributed by atoms with E-state index in [9.17, 15) is 19.7 Å². The lowest BCUT2D eigenvalue weighted by atomic mass is 10.1. The van der Waals surface area contributed by atoms with Crippen LogP contribution in [0, 0.1) is 10.1 Å². The quantitative estimate of drug-likeness (QED) is 0.254. The van der Waals surface area contributed by atoms with E-state index < -0.39 is 10.9 Å². The molecule has 0 unspecified atom stereocenters. The molecule has 2 aromatic carbocycles. The van der Waals surface area contributed by atoms with Crippen molar-refractivity contribution in [1.29, 1.82) is 0 Å². The lowest BCUT2D eigenvalue weighted by Crippen LogP contribution is -2.27. The number of nitro groups is 1. The van der Waals surface area contributed by atoms with Gasteiger partial charge in [-0.05, 0) is 35.9 Å². The fourth-order valence-electron chi connectivity index (χ4n) is 2.40. The molecule has 0 saturated carbocycles. The van der Waals surface area contributed by atoms with Gasteiger partial charge in [-0.2, -0.15) is 0 Å². The Morgan fingerprint density at radius 2 is 1.81 bits per heavy atom. The van der Waals surface area contributed by atoms with Crippen molar-refractivity contribution in [3.63, 3.8) is 0 Å². The van der Waals surface area contributed by atoms with Crippen LogP contribution in [0.15, 0.2) is 53.4 Å². The zero-order valence-electron chi connectivity index (χ0n) is 13.9. The van der Waals surface area contributed by atoms with Gasteiger partial charge in [0.2, 0.25) is 0 Å². The lowest BCUT2D eigenvalue weighted by molar-refractivity contribution is -0.384. The normalized spacial score (nSPS) is 15.3. The van der Waals surface area contributed by atoms with Crippen molar-refractivity contribution in [2.45, 2.75) is 0 Å². The third-order valence-corrected chi connectivity index (χ3v) is 5.04.